The molecule has 1 N–H and O–H groups in total. The Morgan fingerprint density at radius 3 is 2.70 bits per heavy atom. The molecular weight excluding hydrogens is 270 g/mol. The zero-order valence-electron chi connectivity index (χ0n) is 11.3. The van der Waals surface area contributed by atoms with Crippen LogP contribution in [0.5, 0.6) is 0 Å². The van der Waals surface area contributed by atoms with Gasteiger partial charge < -0.3 is 10.1 Å². The van der Waals surface area contributed by atoms with Gasteiger partial charge >= 0.3 is 5.69 Å². The minimum atomic E-state index is -1.16. The van der Waals surface area contributed by atoms with Crippen molar-refractivity contribution in [2.45, 2.75) is 26.3 Å². The monoisotopic (exact) mass is 288 g/mol. The van der Waals surface area contributed by atoms with Gasteiger partial charge in [0.2, 0.25) is 5.82 Å². The average molecular weight is 288 g/mol. The lowest BCUT2D eigenvalue weighted by molar-refractivity contribution is -0.387. The fourth-order valence-corrected chi connectivity index (χ4v) is 1.62. The SMILES string of the molecule is CCCOCCCNCc1cc([N+](=O)[O-])c(F)cc1F. The maximum absolute atomic E-state index is 13.4. The molecule has 0 amide bonds. The van der Waals surface area contributed by atoms with Gasteiger partial charge in [0.25, 0.3) is 0 Å². The predicted molar refractivity (Wildman–Crippen MR) is 70.4 cm³/mol. The first-order valence-corrected chi connectivity index (χ1v) is 6.47. The van der Waals surface area contributed by atoms with E-state index in [9.17, 15) is 18.9 Å². The Hall–Kier alpha value is -1.60. The fraction of sp³-hybridized carbons (Fsp3) is 0.538. The summed E-state index contributed by atoms with van der Waals surface area (Å²) in [4.78, 5) is 9.70. The Morgan fingerprint density at radius 2 is 2.05 bits per heavy atom. The van der Waals surface area contributed by atoms with Gasteiger partial charge in [-0.15, -0.1) is 0 Å². The Bertz CT molecular complexity index is 455. The third kappa shape index (κ3) is 5.18. The largest absolute Gasteiger partial charge is 0.381 e. The van der Waals surface area contributed by atoms with Crippen LogP contribution >= 0.6 is 0 Å². The molecule has 0 saturated heterocycles. The third-order valence-corrected chi connectivity index (χ3v) is 2.62. The lowest BCUT2D eigenvalue weighted by atomic mass is 10.1. The van der Waals surface area contributed by atoms with Crippen LogP contribution in [0.1, 0.15) is 25.3 Å². The van der Waals surface area contributed by atoms with Crippen molar-refractivity contribution in [1.82, 2.24) is 5.32 Å². The molecule has 0 heterocycles. The van der Waals surface area contributed by atoms with Crippen LogP contribution in [0.4, 0.5) is 14.5 Å². The molecule has 0 bridgehead atoms. The van der Waals surface area contributed by atoms with Crippen molar-refractivity contribution in [2.24, 2.45) is 0 Å². The van der Waals surface area contributed by atoms with Gasteiger partial charge in [-0.25, -0.2) is 4.39 Å². The molecule has 7 heteroatoms. The molecule has 0 saturated carbocycles. The molecule has 0 radical (unpaired) electrons. The van der Waals surface area contributed by atoms with Crippen LogP contribution in [-0.4, -0.2) is 24.7 Å². The number of nitro groups is 1. The maximum atomic E-state index is 13.4. The summed E-state index contributed by atoms with van der Waals surface area (Å²) in [5.41, 5.74) is -0.637. The molecule has 1 aromatic rings. The number of nitrogens with one attached hydrogen (secondary N) is 1. The van der Waals surface area contributed by atoms with Crippen LogP contribution < -0.4 is 5.32 Å². The second-order valence-corrected chi connectivity index (χ2v) is 4.29. The Morgan fingerprint density at radius 1 is 1.30 bits per heavy atom. The van der Waals surface area contributed by atoms with Crippen LogP contribution in [0.2, 0.25) is 0 Å². The van der Waals surface area contributed by atoms with E-state index in [4.69, 9.17) is 4.74 Å². The maximum Gasteiger partial charge on any atom is 0.305 e. The molecule has 0 atom stereocenters. The summed E-state index contributed by atoms with van der Waals surface area (Å²) in [5.74, 6) is -1.95. The van der Waals surface area contributed by atoms with Gasteiger partial charge in [-0.05, 0) is 19.4 Å². The summed E-state index contributed by atoms with van der Waals surface area (Å²) in [6, 6.07) is 1.46. The predicted octanol–water partition coefficient (Wildman–Crippen LogP) is 2.78. The minimum absolute atomic E-state index is 0.0765. The van der Waals surface area contributed by atoms with Gasteiger partial charge in [-0.2, -0.15) is 4.39 Å². The van der Waals surface area contributed by atoms with Crippen molar-refractivity contribution in [2.75, 3.05) is 19.8 Å². The zero-order chi connectivity index (χ0) is 15.0. The first-order chi connectivity index (χ1) is 9.56. The van der Waals surface area contributed by atoms with Crippen molar-refractivity contribution in [3.05, 3.63) is 39.4 Å². The van der Waals surface area contributed by atoms with Crippen LogP contribution in [0.3, 0.4) is 0 Å². The van der Waals surface area contributed by atoms with Crippen molar-refractivity contribution >= 4 is 5.69 Å². The van der Waals surface area contributed by atoms with E-state index in [1.165, 1.54) is 0 Å². The van der Waals surface area contributed by atoms with Gasteiger partial charge in [0.15, 0.2) is 0 Å². The van der Waals surface area contributed by atoms with E-state index in [-0.39, 0.29) is 12.1 Å². The van der Waals surface area contributed by atoms with Gasteiger partial charge in [-0.3, -0.25) is 10.1 Å². The number of hydrogen-bond acceptors (Lipinski definition) is 4. The smallest absolute Gasteiger partial charge is 0.305 e. The summed E-state index contributed by atoms with van der Waals surface area (Å²) in [6.07, 6.45) is 1.71. The summed E-state index contributed by atoms with van der Waals surface area (Å²) in [7, 11) is 0. The Kier molecular flexibility index (Phi) is 7.03. The van der Waals surface area contributed by atoms with Gasteiger partial charge in [0, 0.05) is 37.5 Å². The molecule has 1 rings (SSSR count). The van der Waals surface area contributed by atoms with Crippen LogP contribution in [0, 0.1) is 21.7 Å². The minimum Gasteiger partial charge on any atom is -0.381 e. The first-order valence-electron chi connectivity index (χ1n) is 6.47. The Balaban J connectivity index is 2.44. The number of nitrogens with zero attached hydrogens (tertiary/aromatic N) is 1. The topological polar surface area (TPSA) is 64.4 Å². The quantitative estimate of drug-likeness (QED) is 0.431. The summed E-state index contributed by atoms with van der Waals surface area (Å²) >= 11 is 0. The molecule has 0 spiro atoms. The Labute approximate surface area is 116 Å². The summed E-state index contributed by atoms with van der Waals surface area (Å²) in [6.45, 7) is 4.03. The second kappa shape index (κ2) is 8.55. The molecule has 112 valence electrons. The zero-order valence-corrected chi connectivity index (χ0v) is 11.3. The van der Waals surface area contributed by atoms with E-state index in [1.54, 1.807) is 0 Å². The molecule has 0 unspecified atom stereocenters. The number of rotatable bonds is 9. The van der Waals surface area contributed by atoms with Crippen molar-refractivity contribution in [3.8, 4) is 0 Å². The summed E-state index contributed by atoms with van der Waals surface area (Å²) in [5, 5.41) is 13.5. The van der Waals surface area contributed by atoms with Crippen molar-refractivity contribution in [3.63, 3.8) is 0 Å². The van der Waals surface area contributed by atoms with Crippen LogP contribution in [0.25, 0.3) is 0 Å². The number of hydrogen-bond donors (Lipinski definition) is 1. The normalized spacial score (nSPS) is 10.8. The van der Waals surface area contributed by atoms with E-state index in [0.29, 0.717) is 25.8 Å². The number of benzene rings is 1. The van der Waals surface area contributed by atoms with Crippen LogP contribution in [-0.2, 0) is 11.3 Å². The first kappa shape index (κ1) is 16.5. The molecule has 5 nitrogen and oxygen atoms in total. The van der Waals surface area contributed by atoms with Gasteiger partial charge in [0.05, 0.1) is 4.92 Å². The van der Waals surface area contributed by atoms with E-state index >= 15 is 0 Å². The lowest BCUT2D eigenvalue weighted by Gasteiger charge is -2.07. The molecule has 0 aliphatic heterocycles. The number of ether oxygens (including phenoxy) is 1. The van der Waals surface area contributed by atoms with E-state index in [2.05, 4.69) is 5.32 Å². The molecule has 0 aliphatic rings. The summed E-state index contributed by atoms with van der Waals surface area (Å²) < 4.78 is 31.8. The van der Waals surface area contributed by atoms with E-state index < -0.39 is 22.2 Å². The number of halogens is 2. The van der Waals surface area contributed by atoms with Gasteiger partial charge in [-0.1, -0.05) is 6.92 Å². The van der Waals surface area contributed by atoms with Gasteiger partial charge in [0.1, 0.15) is 5.82 Å². The van der Waals surface area contributed by atoms with Crippen molar-refractivity contribution < 1.29 is 18.4 Å². The highest BCUT2D eigenvalue weighted by Crippen LogP contribution is 2.21. The standard InChI is InChI=1S/C13H18F2N2O3/c1-2-5-20-6-3-4-16-9-10-7-13(17(18)19)12(15)8-11(10)14/h7-8,16H,2-6,9H2,1H3. The molecule has 1 aromatic carbocycles. The van der Waals surface area contributed by atoms with Crippen molar-refractivity contribution in [1.29, 1.82) is 0 Å². The third-order valence-electron chi connectivity index (χ3n) is 2.62. The van der Waals surface area contributed by atoms with Crippen LogP contribution in [0.15, 0.2) is 12.1 Å². The molecule has 20 heavy (non-hydrogen) atoms. The van der Waals surface area contributed by atoms with E-state index in [0.717, 1.165) is 18.9 Å². The number of nitro benzene ring substituents is 1. The molecule has 0 fully saturated rings. The highest BCUT2D eigenvalue weighted by atomic mass is 19.1. The average Bonchev–Trinajstić information content (AvgIpc) is 2.39. The highest BCUT2D eigenvalue weighted by Gasteiger charge is 2.17. The highest BCUT2D eigenvalue weighted by molar-refractivity contribution is 5.37. The fourth-order valence-electron chi connectivity index (χ4n) is 1.62. The van der Waals surface area contributed by atoms with E-state index in [1.807, 2.05) is 6.92 Å². The lowest BCUT2D eigenvalue weighted by Crippen LogP contribution is -2.17. The molecular formula is C13H18F2N2O3. The molecule has 0 aromatic heterocycles. The second-order valence-electron chi connectivity index (χ2n) is 4.29. The molecule has 0 aliphatic carbocycles.